The topological polar surface area (TPSA) is 57.0 Å². The lowest BCUT2D eigenvalue weighted by Crippen LogP contribution is -2.35. The Kier molecular flexibility index (Phi) is 5.87. The van der Waals surface area contributed by atoms with Crippen LogP contribution in [0.25, 0.3) is 0 Å². The first-order valence-corrected chi connectivity index (χ1v) is 7.86. The monoisotopic (exact) mass is 307 g/mol. The fraction of sp³-hybridized carbons (Fsp3) is 0.316. The third-order valence-electron chi connectivity index (χ3n) is 3.91. The van der Waals surface area contributed by atoms with Crippen LogP contribution >= 0.6 is 0 Å². The van der Waals surface area contributed by atoms with Gasteiger partial charge in [-0.1, -0.05) is 37.3 Å². The summed E-state index contributed by atoms with van der Waals surface area (Å²) in [5.74, 6) is -0.163. The first-order valence-electron chi connectivity index (χ1n) is 7.86. The van der Waals surface area contributed by atoms with Crippen LogP contribution in [0.1, 0.15) is 43.0 Å². The second-order valence-electron chi connectivity index (χ2n) is 5.30. The molecule has 2 rings (SSSR count). The average molecular weight is 307 g/mol. The maximum Gasteiger partial charge on any atom is 0.237 e. The Labute approximate surface area is 137 Å². The number of carbonyl (C=O) groups is 1. The van der Waals surface area contributed by atoms with Crippen LogP contribution in [-0.2, 0) is 11.2 Å². The molecule has 1 aromatic carbocycles. The van der Waals surface area contributed by atoms with E-state index in [4.69, 9.17) is 5.26 Å². The fourth-order valence-corrected chi connectivity index (χ4v) is 2.70. The zero-order valence-electron chi connectivity index (χ0n) is 13.6. The summed E-state index contributed by atoms with van der Waals surface area (Å²) in [5, 5.41) is 8.86. The minimum atomic E-state index is -0.222. The summed E-state index contributed by atoms with van der Waals surface area (Å²) in [6, 6.07) is 13.8. The normalized spacial score (nSPS) is 11.5. The summed E-state index contributed by atoms with van der Waals surface area (Å²) in [7, 11) is 0. The van der Waals surface area contributed by atoms with Gasteiger partial charge in [0.05, 0.1) is 12.1 Å². The summed E-state index contributed by atoms with van der Waals surface area (Å²) >= 11 is 0. The van der Waals surface area contributed by atoms with Crippen molar-refractivity contribution in [2.24, 2.45) is 0 Å². The van der Waals surface area contributed by atoms with E-state index in [0.29, 0.717) is 6.54 Å². The number of benzene rings is 1. The van der Waals surface area contributed by atoms with Gasteiger partial charge < -0.3 is 4.90 Å². The SMILES string of the molecule is CCc1ccc(C(c2cccnc2)N(CC)C(=O)CC#N)cc1. The lowest BCUT2D eigenvalue weighted by Gasteiger charge is -2.31. The fourth-order valence-electron chi connectivity index (χ4n) is 2.70. The number of nitriles is 1. The number of amides is 1. The van der Waals surface area contributed by atoms with Crippen LogP contribution in [0, 0.1) is 11.3 Å². The number of hydrogen-bond acceptors (Lipinski definition) is 3. The molecule has 1 unspecified atom stereocenters. The standard InChI is InChI=1S/C19H21N3O/c1-3-15-7-9-16(10-8-15)19(17-6-5-13-21-14-17)22(4-2)18(23)11-12-20/h5-10,13-14,19H,3-4,11H2,1-2H3. The van der Waals surface area contributed by atoms with Crippen LogP contribution in [0.15, 0.2) is 48.8 Å². The Hall–Kier alpha value is -2.67. The number of rotatable bonds is 6. The summed E-state index contributed by atoms with van der Waals surface area (Å²) in [4.78, 5) is 18.3. The highest BCUT2D eigenvalue weighted by Crippen LogP contribution is 2.29. The van der Waals surface area contributed by atoms with E-state index >= 15 is 0 Å². The van der Waals surface area contributed by atoms with E-state index in [2.05, 4.69) is 36.2 Å². The third kappa shape index (κ3) is 3.95. The van der Waals surface area contributed by atoms with E-state index < -0.39 is 0 Å². The number of nitrogens with zero attached hydrogens (tertiary/aromatic N) is 3. The lowest BCUT2D eigenvalue weighted by atomic mass is 9.96. The summed E-state index contributed by atoms with van der Waals surface area (Å²) in [6.07, 6.45) is 4.36. The van der Waals surface area contributed by atoms with Gasteiger partial charge in [0.2, 0.25) is 5.91 Å². The van der Waals surface area contributed by atoms with Crippen LogP contribution in [-0.4, -0.2) is 22.3 Å². The Morgan fingerprint density at radius 2 is 1.96 bits per heavy atom. The minimum absolute atomic E-state index is 0.113. The second kappa shape index (κ2) is 8.09. The predicted octanol–water partition coefficient (Wildman–Crippen LogP) is 3.50. The maximum absolute atomic E-state index is 12.4. The van der Waals surface area contributed by atoms with Crippen molar-refractivity contribution in [3.63, 3.8) is 0 Å². The van der Waals surface area contributed by atoms with Crippen LogP contribution in [0.3, 0.4) is 0 Å². The molecule has 1 heterocycles. The molecule has 0 saturated carbocycles. The van der Waals surface area contributed by atoms with Gasteiger partial charge in [0.25, 0.3) is 0 Å². The molecule has 0 radical (unpaired) electrons. The molecule has 0 N–H and O–H groups in total. The number of carbonyl (C=O) groups excluding carboxylic acids is 1. The molecule has 1 amide bonds. The van der Waals surface area contributed by atoms with Crippen LogP contribution < -0.4 is 0 Å². The Morgan fingerprint density at radius 1 is 1.22 bits per heavy atom. The smallest absolute Gasteiger partial charge is 0.237 e. The van der Waals surface area contributed by atoms with Gasteiger partial charge in [0, 0.05) is 18.9 Å². The molecule has 2 aromatic rings. The van der Waals surface area contributed by atoms with Crippen molar-refractivity contribution in [1.82, 2.24) is 9.88 Å². The number of pyridine rings is 1. The van der Waals surface area contributed by atoms with E-state index in [-0.39, 0.29) is 18.4 Å². The molecule has 23 heavy (non-hydrogen) atoms. The molecule has 4 nitrogen and oxygen atoms in total. The number of aryl methyl sites for hydroxylation is 1. The zero-order chi connectivity index (χ0) is 16.7. The Balaban J connectivity index is 2.46. The molecule has 1 aromatic heterocycles. The van der Waals surface area contributed by atoms with E-state index in [1.54, 1.807) is 17.3 Å². The highest BCUT2D eigenvalue weighted by molar-refractivity contribution is 5.79. The predicted molar refractivity (Wildman–Crippen MR) is 89.5 cm³/mol. The largest absolute Gasteiger partial charge is 0.331 e. The lowest BCUT2D eigenvalue weighted by molar-refractivity contribution is -0.131. The molecule has 0 saturated heterocycles. The average Bonchev–Trinajstić information content (AvgIpc) is 2.60. The number of hydrogen-bond donors (Lipinski definition) is 0. The van der Waals surface area contributed by atoms with Crippen molar-refractivity contribution in [1.29, 1.82) is 5.26 Å². The summed E-state index contributed by atoms with van der Waals surface area (Å²) in [5.41, 5.74) is 3.23. The molecule has 0 spiro atoms. The van der Waals surface area contributed by atoms with E-state index in [0.717, 1.165) is 17.5 Å². The first kappa shape index (κ1) is 16.7. The quantitative estimate of drug-likeness (QED) is 0.820. The molecule has 0 aliphatic carbocycles. The third-order valence-corrected chi connectivity index (χ3v) is 3.91. The van der Waals surface area contributed by atoms with Crippen molar-refractivity contribution < 1.29 is 4.79 Å². The van der Waals surface area contributed by atoms with Gasteiger partial charge in [-0.05, 0) is 36.1 Å². The first-order chi connectivity index (χ1) is 11.2. The van der Waals surface area contributed by atoms with E-state index in [1.165, 1.54) is 5.56 Å². The van der Waals surface area contributed by atoms with Gasteiger partial charge >= 0.3 is 0 Å². The molecule has 0 aliphatic rings. The molecule has 0 aliphatic heterocycles. The Bertz CT molecular complexity index is 674. The van der Waals surface area contributed by atoms with Gasteiger partial charge in [-0.3, -0.25) is 9.78 Å². The van der Waals surface area contributed by atoms with Crippen molar-refractivity contribution in [3.8, 4) is 6.07 Å². The van der Waals surface area contributed by atoms with Crippen molar-refractivity contribution in [3.05, 3.63) is 65.5 Å². The van der Waals surface area contributed by atoms with Crippen molar-refractivity contribution in [2.45, 2.75) is 32.7 Å². The summed E-state index contributed by atoms with van der Waals surface area (Å²) in [6.45, 7) is 4.58. The van der Waals surface area contributed by atoms with Crippen LogP contribution in [0.5, 0.6) is 0 Å². The molecular formula is C19H21N3O. The molecule has 0 bridgehead atoms. The zero-order valence-corrected chi connectivity index (χ0v) is 13.6. The molecule has 118 valence electrons. The van der Waals surface area contributed by atoms with E-state index in [9.17, 15) is 4.79 Å². The van der Waals surface area contributed by atoms with Crippen LogP contribution in [0.2, 0.25) is 0 Å². The van der Waals surface area contributed by atoms with Gasteiger partial charge in [-0.2, -0.15) is 5.26 Å². The molecule has 4 heteroatoms. The number of aromatic nitrogens is 1. The van der Waals surface area contributed by atoms with E-state index in [1.807, 2.05) is 25.1 Å². The Morgan fingerprint density at radius 3 is 2.48 bits per heavy atom. The van der Waals surface area contributed by atoms with Crippen molar-refractivity contribution >= 4 is 5.91 Å². The maximum atomic E-state index is 12.4. The van der Waals surface area contributed by atoms with Crippen LogP contribution in [0.4, 0.5) is 0 Å². The minimum Gasteiger partial charge on any atom is -0.331 e. The molecular weight excluding hydrogens is 286 g/mol. The van der Waals surface area contributed by atoms with Gasteiger partial charge in [-0.25, -0.2) is 0 Å². The van der Waals surface area contributed by atoms with Crippen molar-refractivity contribution in [2.75, 3.05) is 6.54 Å². The molecule has 1 atom stereocenters. The van der Waals surface area contributed by atoms with Gasteiger partial charge in [0.15, 0.2) is 0 Å². The molecule has 0 fully saturated rings. The highest BCUT2D eigenvalue weighted by atomic mass is 16.2. The van der Waals surface area contributed by atoms with Gasteiger partial charge in [-0.15, -0.1) is 0 Å². The summed E-state index contributed by atoms with van der Waals surface area (Å²) < 4.78 is 0. The van der Waals surface area contributed by atoms with Gasteiger partial charge in [0.1, 0.15) is 6.42 Å². The second-order valence-corrected chi connectivity index (χ2v) is 5.30. The highest BCUT2D eigenvalue weighted by Gasteiger charge is 2.25.